The number of benzene rings is 6. The van der Waals surface area contributed by atoms with E-state index in [4.69, 9.17) is 16.6 Å². The first kappa shape index (κ1) is 27.1. The molecule has 0 bridgehead atoms. The van der Waals surface area contributed by atoms with Gasteiger partial charge in [-0.15, -0.1) is 53.6 Å². The molecule has 0 amide bonds. The second kappa shape index (κ2) is 13.5. The Labute approximate surface area is 317 Å². The molecule has 0 saturated carbocycles. The number of rotatable bonds is 7. The number of nitrogens with zero attached hydrogens (tertiary/aromatic N) is 4. The van der Waals surface area contributed by atoms with Gasteiger partial charge in [0.05, 0.1) is 6.85 Å². The van der Waals surface area contributed by atoms with E-state index < -0.39 is 18.1 Å². The van der Waals surface area contributed by atoms with E-state index in [-0.39, 0.29) is 50.3 Å². The van der Waals surface area contributed by atoms with Gasteiger partial charge in [-0.25, -0.2) is 9.37 Å². The molecule has 1 aliphatic heterocycles. The molecule has 0 unspecified atom stereocenters. The normalized spacial score (nSPS) is 13.6. The van der Waals surface area contributed by atoms with Crippen LogP contribution in [-0.2, 0) is 27.5 Å². The standard InChI is InChI=1S/C44H30FN4O.Pt/c1-2-30-21-22-46-44(23-30)49-40-16-7-6-15-38(40)39-20-19-36(28-43(39)49)50-37-25-32(31-11-4-3-5-12-31)24-35(27-37)48-29-47(34-14-10-13-33(45)26-34)41-17-8-9-18-42(41)48;/h3-26,29H,2H2,1H3;/q-3;/i3D,4D,5D,11D,12D;. The number of fused-ring (bicyclic) bond motifs is 4. The van der Waals surface area contributed by atoms with Crippen molar-refractivity contribution in [1.29, 1.82) is 0 Å². The van der Waals surface area contributed by atoms with Crippen LogP contribution in [0.1, 0.15) is 19.3 Å². The van der Waals surface area contributed by atoms with Gasteiger partial charge in [-0.1, -0.05) is 79.1 Å². The van der Waals surface area contributed by atoms with Crippen molar-refractivity contribution in [3.05, 3.63) is 176 Å². The largest absolute Gasteiger partial charge is 0.509 e. The van der Waals surface area contributed by atoms with Crippen molar-refractivity contribution >= 4 is 44.6 Å². The zero-order valence-corrected chi connectivity index (χ0v) is 29.4. The maximum atomic E-state index is 14.4. The molecule has 0 spiro atoms. The molecular weight excluding hydrogens is 815 g/mol. The van der Waals surface area contributed by atoms with Crippen molar-refractivity contribution < 1.29 is 37.0 Å². The van der Waals surface area contributed by atoms with Crippen LogP contribution in [0.2, 0.25) is 0 Å². The molecule has 6 aromatic carbocycles. The van der Waals surface area contributed by atoms with Gasteiger partial charge >= 0.3 is 0 Å². The third-order valence-electron chi connectivity index (χ3n) is 8.82. The Morgan fingerprint density at radius 3 is 2.39 bits per heavy atom. The van der Waals surface area contributed by atoms with Crippen LogP contribution < -0.4 is 14.5 Å². The van der Waals surface area contributed by atoms with Crippen molar-refractivity contribution in [3.8, 4) is 28.4 Å². The topological polar surface area (TPSA) is 33.5 Å². The molecule has 0 atom stereocenters. The number of ether oxygens (including phenoxy) is 1. The molecular formula is C44H30FN4OPt-3. The van der Waals surface area contributed by atoms with Crippen molar-refractivity contribution in [3.63, 3.8) is 0 Å². The number of anilines is 4. The number of aryl methyl sites for hydroxylation is 1. The summed E-state index contributed by atoms with van der Waals surface area (Å²) in [5.74, 6) is 0.963. The van der Waals surface area contributed by atoms with Crippen LogP contribution in [0.5, 0.6) is 11.5 Å². The van der Waals surface area contributed by atoms with Crippen LogP contribution in [0.15, 0.2) is 146 Å². The molecule has 252 valence electrons. The zero-order chi connectivity index (χ0) is 38.0. The summed E-state index contributed by atoms with van der Waals surface area (Å²) in [7, 11) is 0. The maximum Gasteiger partial charge on any atom is 0.135 e. The van der Waals surface area contributed by atoms with Gasteiger partial charge in [-0.05, 0) is 71.5 Å². The molecule has 51 heavy (non-hydrogen) atoms. The second-order valence-electron chi connectivity index (χ2n) is 11.9. The molecule has 9 rings (SSSR count). The Morgan fingerprint density at radius 1 is 0.765 bits per heavy atom. The van der Waals surface area contributed by atoms with E-state index in [2.05, 4.69) is 35.8 Å². The predicted molar refractivity (Wildman–Crippen MR) is 199 cm³/mol. The third-order valence-corrected chi connectivity index (χ3v) is 8.82. The van der Waals surface area contributed by atoms with Crippen LogP contribution in [0, 0.1) is 24.6 Å². The molecule has 0 radical (unpaired) electrons. The predicted octanol–water partition coefficient (Wildman–Crippen LogP) is 11.3. The van der Waals surface area contributed by atoms with Gasteiger partial charge in [0.2, 0.25) is 0 Å². The molecule has 0 saturated heterocycles. The minimum atomic E-state index is -0.484. The first-order valence-corrected chi connectivity index (χ1v) is 16.2. The Morgan fingerprint density at radius 2 is 1.57 bits per heavy atom. The SMILES string of the molecule is [2H]c1c([2H])c([2H])c(-c2cc(Oc3[c-]c4c(cc3)c3ccccc3n4-c3cc(CC)ccn3)[c-]c(N3[CH-]N(c4cccc(F)c4)c4ccccc43)c2)c([2H])c1[2H].[Pt]. The first-order valence-electron chi connectivity index (χ1n) is 18.7. The van der Waals surface area contributed by atoms with E-state index in [1.54, 1.807) is 37.1 Å². The number of pyridine rings is 1. The first-order chi connectivity index (χ1) is 26.7. The number of aromatic nitrogens is 2. The number of hydrogen-bond acceptors (Lipinski definition) is 4. The molecule has 0 fully saturated rings. The van der Waals surface area contributed by atoms with Crippen LogP contribution in [0.25, 0.3) is 38.8 Å². The fourth-order valence-electron chi connectivity index (χ4n) is 6.48. The fraction of sp³-hybridized carbons (Fsp3) is 0.0455. The van der Waals surface area contributed by atoms with Crippen LogP contribution in [-0.4, -0.2) is 9.55 Å². The quantitative estimate of drug-likeness (QED) is 0.150. The van der Waals surface area contributed by atoms with Crippen LogP contribution in [0.3, 0.4) is 0 Å². The fourth-order valence-corrected chi connectivity index (χ4v) is 6.48. The van der Waals surface area contributed by atoms with E-state index in [1.807, 2.05) is 70.5 Å². The molecule has 5 nitrogen and oxygen atoms in total. The summed E-state index contributed by atoms with van der Waals surface area (Å²) in [5, 5.41) is 2.00. The summed E-state index contributed by atoms with van der Waals surface area (Å²) in [6, 6.07) is 37.9. The molecule has 8 aromatic rings. The molecule has 7 heteroatoms. The van der Waals surface area contributed by atoms with Gasteiger partial charge in [-0.2, -0.15) is 6.07 Å². The zero-order valence-electron chi connectivity index (χ0n) is 32.1. The Hall–Kier alpha value is -5.71. The molecule has 2 aromatic heterocycles. The van der Waals surface area contributed by atoms with E-state index in [0.717, 1.165) is 51.0 Å². The summed E-state index contributed by atoms with van der Waals surface area (Å²) in [4.78, 5) is 8.42. The van der Waals surface area contributed by atoms with Gasteiger partial charge in [0, 0.05) is 61.3 Å². The van der Waals surface area contributed by atoms with E-state index in [0.29, 0.717) is 22.7 Å². The Kier molecular flexibility index (Phi) is 7.19. The van der Waals surface area contributed by atoms with Crippen LogP contribution in [0.4, 0.5) is 27.1 Å². The van der Waals surface area contributed by atoms with Crippen molar-refractivity contribution in [2.75, 3.05) is 9.80 Å². The molecule has 3 heterocycles. The van der Waals surface area contributed by atoms with Gasteiger partial charge in [0.1, 0.15) is 11.6 Å². The summed E-state index contributed by atoms with van der Waals surface area (Å²) in [5.41, 5.74) is 5.81. The minimum Gasteiger partial charge on any atom is -0.509 e. The Balaban J connectivity index is 0.00000441. The summed E-state index contributed by atoms with van der Waals surface area (Å²) in [6.07, 6.45) is 2.66. The van der Waals surface area contributed by atoms with E-state index in [9.17, 15) is 4.39 Å². The molecule has 0 aliphatic carbocycles. The third kappa shape index (κ3) is 5.96. The van der Waals surface area contributed by atoms with Crippen molar-refractivity contribution in [2.45, 2.75) is 13.3 Å². The number of hydrogen-bond donors (Lipinski definition) is 0. The van der Waals surface area contributed by atoms with Gasteiger partial charge in [0.15, 0.2) is 0 Å². The average Bonchev–Trinajstić information content (AvgIpc) is 3.75. The average molecular weight is 850 g/mol. The van der Waals surface area contributed by atoms with Gasteiger partial charge < -0.3 is 19.1 Å². The number of para-hydroxylation sites is 3. The van der Waals surface area contributed by atoms with E-state index in [1.165, 1.54) is 12.1 Å². The van der Waals surface area contributed by atoms with Gasteiger partial charge in [-0.3, -0.25) is 0 Å². The second-order valence-corrected chi connectivity index (χ2v) is 11.9. The maximum absolute atomic E-state index is 14.4. The van der Waals surface area contributed by atoms with Gasteiger partial charge in [0.25, 0.3) is 0 Å². The molecule has 0 N–H and O–H groups in total. The summed E-state index contributed by atoms with van der Waals surface area (Å²) >= 11 is 0. The smallest absolute Gasteiger partial charge is 0.135 e. The summed E-state index contributed by atoms with van der Waals surface area (Å²) in [6.45, 7) is 3.90. The minimum absolute atomic E-state index is 0. The van der Waals surface area contributed by atoms with Crippen LogP contribution >= 0.6 is 0 Å². The van der Waals surface area contributed by atoms with Crippen molar-refractivity contribution in [2.24, 2.45) is 0 Å². The Bertz CT molecular complexity index is 2800. The number of halogens is 1. The van der Waals surface area contributed by atoms with Crippen molar-refractivity contribution in [1.82, 2.24) is 9.55 Å². The monoisotopic (exact) mass is 849 g/mol. The summed E-state index contributed by atoms with van der Waals surface area (Å²) < 4.78 is 65.6. The van der Waals surface area contributed by atoms with E-state index >= 15 is 0 Å². The molecule has 1 aliphatic rings.